The van der Waals surface area contributed by atoms with Crippen LogP contribution in [0, 0.1) is 6.92 Å². The van der Waals surface area contributed by atoms with Crippen molar-refractivity contribution in [2.45, 2.75) is 13.5 Å². The maximum absolute atomic E-state index is 13.2. The van der Waals surface area contributed by atoms with Crippen molar-refractivity contribution in [1.82, 2.24) is 0 Å². The summed E-state index contributed by atoms with van der Waals surface area (Å²) >= 11 is 12.1. The summed E-state index contributed by atoms with van der Waals surface area (Å²) < 4.78 is 12.0. The number of ether oxygens (including phenoxy) is 1. The van der Waals surface area contributed by atoms with E-state index in [1.807, 2.05) is 31.2 Å². The van der Waals surface area contributed by atoms with Crippen molar-refractivity contribution in [3.05, 3.63) is 98.1 Å². The minimum Gasteiger partial charge on any atom is -0.481 e. The minimum absolute atomic E-state index is 0.165. The van der Waals surface area contributed by atoms with Gasteiger partial charge in [0, 0.05) is 15.6 Å². The summed E-state index contributed by atoms with van der Waals surface area (Å²) in [5, 5.41) is 1.69. The van der Waals surface area contributed by atoms with E-state index in [0.29, 0.717) is 32.3 Å². The standard InChI is InChI=1S/C23H16Cl2O3/c1-14-5-10-19-20(11-14)28-22(16-6-8-17(24)9-7-16)23(21(19)26)27-13-15-3-2-4-18(25)12-15/h2-12H,13H2,1H3. The van der Waals surface area contributed by atoms with Crippen molar-refractivity contribution in [2.24, 2.45) is 0 Å². The van der Waals surface area contributed by atoms with Crippen LogP contribution in [0.15, 0.2) is 75.9 Å². The Kier molecular flexibility index (Phi) is 5.12. The van der Waals surface area contributed by atoms with Gasteiger partial charge in [-0.1, -0.05) is 41.4 Å². The topological polar surface area (TPSA) is 39.4 Å². The van der Waals surface area contributed by atoms with Crippen LogP contribution in [0.2, 0.25) is 10.0 Å². The van der Waals surface area contributed by atoms with Gasteiger partial charge < -0.3 is 9.15 Å². The van der Waals surface area contributed by atoms with E-state index < -0.39 is 0 Å². The van der Waals surface area contributed by atoms with Gasteiger partial charge in [0.1, 0.15) is 12.2 Å². The third-order valence-electron chi connectivity index (χ3n) is 4.38. The van der Waals surface area contributed by atoms with Crippen molar-refractivity contribution in [1.29, 1.82) is 0 Å². The first-order chi connectivity index (χ1) is 13.5. The van der Waals surface area contributed by atoms with Gasteiger partial charge in [0.25, 0.3) is 0 Å². The first-order valence-corrected chi connectivity index (χ1v) is 9.47. The van der Waals surface area contributed by atoms with E-state index in [1.165, 1.54) is 0 Å². The number of fused-ring (bicyclic) bond motifs is 1. The van der Waals surface area contributed by atoms with E-state index >= 15 is 0 Å². The fourth-order valence-electron chi connectivity index (χ4n) is 2.99. The van der Waals surface area contributed by atoms with Gasteiger partial charge in [-0.3, -0.25) is 4.79 Å². The van der Waals surface area contributed by atoms with Gasteiger partial charge in [0.2, 0.25) is 11.2 Å². The number of hydrogen-bond acceptors (Lipinski definition) is 3. The van der Waals surface area contributed by atoms with Gasteiger partial charge in [-0.2, -0.15) is 0 Å². The van der Waals surface area contributed by atoms with Gasteiger partial charge in [-0.15, -0.1) is 0 Å². The van der Waals surface area contributed by atoms with Crippen LogP contribution in [0.4, 0.5) is 0 Å². The Morgan fingerprint density at radius 1 is 0.929 bits per heavy atom. The Labute approximate surface area is 172 Å². The molecule has 0 saturated carbocycles. The van der Waals surface area contributed by atoms with E-state index in [0.717, 1.165) is 11.1 Å². The Balaban J connectivity index is 1.85. The zero-order valence-corrected chi connectivity index (χ0v) is 16.6. The summed E-state index contributed by atoms with van der Waals surface area (Å²) in [6.45, 7) is 2.15. The molecule has 0 aliphatic carbocycles. The van der Waals surface area contributed by atoms with Crippen LogP contribution in [0.3, 0.4) is 0 Å². The largest absolute Gasteiger partial charge is 0.481 e. The molecule has 1 aromatic heterocycles. The van der Waals surface area contributed by atoms with Crippen LogP contribution in [0.25, 0.3) is 22.3 Å². The molecule has 0 radical (unpaired) electrons. The highest BCUT2D eigenvalue weighted by molar-refractivity contribution is 6.30. The fraction of sp³-hybridized carbons (Fsp3) is 0.0870. The van der Waals surface area contributed by atoms with Gasteiger partial charge >= 0.3 is 0 Å². The Hall–Kier alpha value is -2.75. The second-order valence-electron chi connectivity index (χ2n) is 6.51. The SMILES string of the molecule is Cc1ccc2c(=O)c(OCc3cccc(Cl)c3)c(-c3ccc(Cl)cc3)oc2c1. The lowest BCUT2D eigenvalue weighted by Crippen LogP contribution is -2.10. The normalized spacial score (nSPS) is 11.0. The van der Waals surface area contributed by atoms with Crippen LogP contribution in [-0.2, 0) is 6.61 Å². The molecule has 0 fully saturated rings. The summed E-state index contributed by atoms with van der Waals surface area (Å²) in [6, 6.07) is 19.9. The van der Waals surface area contributed by atoms with Gasteiger partial charge in [0.15, 0.2) is 5.76 Å². The molecule has 3 aromatic carbocycles. The molecular weight excluding hydrogens is 395 g/mol. The molecule has 0 amide bonds. The van der Waals surface area contributed by atoms with Crippen molar-refractivity contribution in [2.75, 3.05) is 0 Å². The predicted octanol–water partition coefficient (Wildman–Crippen LogP) is 6.65. The van der Waals surface area contributed by atoms with Crippen LogP contribution >= 0.6 is 23.2 Å². The second kappa shape index (κ2) is 7.70. The summed E-state index contributed by atoms with van der Waals surface area (Å²) in [6.07, 6.45) is 0. The smallest absolute Gasteiger partial charge is 0.235 e. The highest BCUT2D eigenvalue weighted by Gasteiger charge is 2.18. The third-order valence-corrected chi connectivity index (χ3v) is 4.87. The molecule has 4 aromatic rings. The Bertz CT molecular complexity index is 1210. The molecule has 140 valence electrons. The molecule has 0 bridgehead atoms. The first-order valence-electron chi connectivity index (χ1n) is 8.72. The van der Waals surface area contributed by atoms with Crippen molar-refractivity contribution in [3.63, 3.8) is 0 Å². The molecule has 0 aliphatic rings. The third kappa shape index (κ3) is 3.77. The number of benzene rings is 3. The zero-order chi connectivity index (χ0) is 19.7. The maximum Gasteiger partial charge on any atom is 0.235 e. The first kappa shape index (κ1) is 18.6. The molecule has 0 N–H and O–H groups in total. The molecule has 4 rings (SSSR count). The van der Waals surface area contributed by atoms with Crippen LogP contribution in [-0.4, -0.2) is 0 Å². The van der Waals surface area contributed by atoms with Crippen LogP contribution in [0.1, 0.15) is 11.1 Å². The lowest BCUT2D eigenvalue weighted by atomic mass is 10.1. The summed E-state index contributed by atoms with van der Waals surface area (Å²) in [7, 11) is 0. The molecule has 28 heavy (non-hydrogen) atoms. The van der Waals surface area contributed by atoms with E-state index in [9.17, 15) is 4.79 Å². The lowest BCUT2D eigenvalue weighted by Gasteiger charge is -2.12. The average Bonchev–Trinajstić information content (AvgIpc) is 2.67. The van der Waals surface area contributed by atoms with Gasteiger partial charge in [0.05, 0.1) is 5.39 Å². The van der Waals surface area contributed by atoms with Crippen LogP contribution in [0.5, 0.6) is 5.75 Å². The number of rotatable bonds is 4. The average molecular weight is 411 g/mol. The molecule has 5 heteroatoms. The molecule has 0 saturated heterocycles. The second-order valence-corrected chi connectivity index (χ2v) is 7.39. The van der Waals surface area contributed by atoms with E-state index in [1.54, 1.807) is 42.5 Å². The van der Waals surface area contributed by atoms with Crippen molar-refractivity contribution >= 4 is 34.2 Å². The fourth-order valence-corrected chi connectivity index (χ4v) is 3.33. The molecule has 0 spiro atoms. The van der Waals surface area contributed by atoms with Gasteiger partial charge in [-0.05, 0) is 66.6 Å². The highest BCUT2D eigenvalue weighted by Crippen LogP contribution is 2.32. The Morgan fingerprint density at radius 3 is 2.46 bits per heavy atom. The Morgan fingerprint density at radius 2 is 1.71 bits per heavy atom. The number of halogens is 2. The molecular formula is C23H16Cl2O3. The lowest BCUT2D eigenvalue weighted by molar-refractivity contribution is 0.298. The summed E-state index contributed by atoms with van der Waals surface area (Å²) in [4.78, 5) is 13.2. The monoisotopic (exact) mass is 410 g/mol. The van der Waals surface area contributed by atoms with Gasteiger partial charge in [-0.25, -0.2) is 0 Å². The zero-order valence-electron chi connectivity index (χ0n) is 15.0. The highest BCUT2D eigenvalue weighted by atomic mass is 35.5. The summed E-state index contributed by atoms with van der Waals surface area (Å²) in [5.74, 6) is 0.542. The van der Waals surface area contributed by atoms with E-state index in [4.69, 9.17) is 32.4 Å². The molecule has 0 atom stereocenters. The molecule has 3 nitrogen and oxygen atoms in total. The van der Waals surface area contributed by atoms with E-state index in [-0.39, 0.29) is 17.8 Å². The minimum atomic E-state index is -0.215. The van der Waals surface area contributed by atoms with E-state index in [2.05, 4.69) is 0 Å². The number of aryl methyl sites for hydroxylation is 1. The molecule has 0 aliphatic heterocycles. The molecule has 1 heterocycles. The number of hydrogen-bond donors (Lipinski definition) is 0. The summed E-state index contributed by atoms with van der Waals surface area (Å²) in [5.41, 5.74) is 2.88. The predicted molar refractivity (Wildman–Crippen MR) is 113 cm³/mol. The maximum atomic E-state index is 13.2. The van der Waals surface area contributed by atoms with Crippen molar-refractivity contribution < 1.29 is 9.15 Å². The van der Waals surface area contributed by atoms with Crippen LogP contribution < -0.4 is 10.2 Å². The quantitative estimate of drug-likeness (QED) is 0.377. The molecule has 0 unspecified atom stereocenters. The van der Waals surface area contributed by atoms with Crippen molar-refractivity contribution in [3.8, 4) is 17.1 Å².